The summed E-state index contributed by atoms with van der Waals surface area (Å²) in [5.41, 5.74) is 1.24. The molecular formula is C18H19ClN2O2S2. The fourth-order valence-corrected chi connectivity index (χ4v) is 3.09. The van der Waals surface area contributed by atoms with Gasteiger partial charge in [-0.05, 0) is 61.6 Å². The number of nitrogens with one attached hydrogen (secondary N) is 2. The molecule has 0 aliphatic heterocycles. The Labute approximate surface area is 162 Å². The van der Waals surface area contributed by atoms with Gasteiger partial charge < -0.3 is 15.4 Å². The molecule has 0 amide bonds. The van der Waals surface area contributed by atoms with E-state index in [0.717, 1.165) is 27.9 Å². The highest BCUT2D eigenvalue weighted by atomic mass is 35.5. The van der Waals surface area contributed by atoms with Crippen LogP contribution in [0.4, 0.5) is 5.69 Å². The van der Waals surface area contributed by atoms with E-state index >= 15 is 0 Å². The standard InChI is InChI=1S/C18H19ClN2O2S2/c1-2-23-17(22)13-4-3-5-15(12-13)21-18(24)20-10-11-25-16-8-6-14(19)7-9-16/h3-9,12H,2,10-11H2,1H3,(H2,20,21,24). The predicted molar refractivity (Wildman–Crippen MR) is 109 cm³/mol. The van der Waals surface area contributed by atoms with Gasteiger partial charge in [0.05, 0.1) is 12.2 Å². The van der Waals surface area contributed by atoms with E-state index in [-0.39, 0.29) is 5.97 Å². The molecule has 0 fully saturated rings. The smallest absolute Gasteiger partial charge is 0.338 e. The fraction of sp³-hybridized carbons (Fsp3) is 0.222. The Balaban J connectivity index is 1.75. The van der Waals surface area contributed by atoms with Crippen molar-refractivity contribution in [3.8, 4) is 0 Å². The van der Waals surface area contributed by atoms with Crippen LogP contribution in [-0.2, 0) is 4.74 Å². The third kappa shape index (κ3) is 6.94. The number of thiocarbonyl (C=S) groups is 1. The normalized spacial score (nSPS) is 10.2. The van der Waals surface area contributed by atoms with Gasteiger partial charge in [0.25, 0.3) is 0 Å². The van der Waals surface area contributed by atoms with Crippen LogP contribution in [-0.4, -0.2) is 30.0 Å². The third-order valence-corrected chi connectivity index (χ3v) is 4.61. The second-order valence-electron chi connectivity index (χ2n) is 4.98. The van der Waals surface area contributed by atoms with E-state index in [4.69, 9.17) is 28.6 Å². The number of benzene rings is 2. The Morgan fingerprint density at radius 2 is 2.00 bits per heavy atom. The van der Waals surface area contributed by atoms with Crippen LogP contribution in [0, 0.1) is 0 Å². The molecule has 2 aromatic carbocycles. The van der Waals surface area contributed by atoms with Gasteiger partial charge >= 0.3 is 5.97 Å². The number of ether oxygens (including phenoxy) is 1. The molecule has 0 bridgehead atoms. The van der Waals surface area contributed by atoms with Gasteiger partial charge in [0.15, 0.2) is 5.11 Å². The first-order valence-corrected chi connectivity index (χ1v) is 9.56. The van der Waals surface area contributed by atoms with Crippen LogP contribution < -0.4 is 10.6 Å². The average molecular weight is 395 g/mol. The number of hydrogen-bond acceptors (Lipinski definition) is 4. The average Bonchev–Trinajstić information content (AvgIpc) is 2.61. The molecule has 0 saturated heterocycles. The number of carbonyl (C=O) groups excluding carboxylic acids is 1. The lowest BCUT2D eigenvalue weighted by atomic mass is 10.2. The van der Waals surface area contributed by atoms with E-state index in [9.17, 15) is 4.79 Å². The number of halogens is 1. The molecule has 0 aliphatic rings. The Bertz CT molecular complexity index is 723. The summed E-state index contributed by atoms with van der Waals surface area (Å²) in [5.74, 6) is 0.524. The molecule has 0 heterocycles. The first kappa shape index (κ1) is 19.6. The molecule has 2 aromatic rings. The van der Waals surface area contributed by atoms with Gasteiger partial charge in [-0.1, -0.05) is 17.7 Å². The van der Waals surface area contributed by atoms with Crippen molar-refractivity contribution in [2.24, 2.45) is 0 Å². The quantitative estimate of drug-likeness (QED) is 0.310. The zero-order chi connectivity index (χ0) is 18.1. The van der Waals surface area contributed by atoms with Crippen LogP contribution in [0.5, 0.6) is 0 Å². The van der Waals surface area contributed by atoms with Crippen molar-refractivity contribution in [2.75, 3.05) is 24.2 Å². The number of anilines is 1. The maximum Gasteiger partial charge on any atom is 0.338 e. The van der Waals surface area contributed by atoms with Crippen molar-refractivity contribution < 1.29 is 9.53 Å². The van der Waals surface area contributed by atoms with Gasteiger partial charge in [0.1, 0.15) is 0 Å². The molecule has 0 radical (unpaired) electrons. The SMILES string of the molecule is CCOC(=O)c1cccc(NC(=S)NCCSc2ccc(Cl)cc2)c1. The van der Waals surface area contributed by atoms with E-state index in [0.29, 0.717) is 17.3 Å². The Morgan fingerprint density at radius 1 is 1.24 bits per heavy atom. The van der Waals surface area contributed by atoms with Gasteiger partial charge in [0, 0.05) is 27.9 Å². The monoisotopic (exact) mass is 394 g/mol. The molecule has 25 heavy (non-hydrogen) atoms. The van der Waals surface area contributed by atoms with Crippen LogP contribution in [0.2, 0.25) is 5.02 Å². The van der Waals surface area contributed by atoms with Crippen molar-refractivity contribution in [1.29, 1.82) is 0 Å². The topological polar surface area (TPSA) is 50.4 Å². The highest BCUT2D eigenvalue weighted by molar-refractivity contribution is 7.99. The van der Waals surface area contributed by atoms with Gasteiger partial charge in [0.2, 0.25) is 0 Å². The maximum absolute atomic E-state index is 11.7. The zero-order valence-electron chi connectivity index (χ0n) is 13.8. The lowest BCUT2D eigenvalue weighted by molar-refractivity contribution is 0.0526. The van der Waals surface area contributed by atoms with Gasteiger partial charge in [-0.25, -0.2) is 4.79 Å². The van der Waals surface area contributed by atoms with Gasteiger partial charge in [-0.2, -0.15) is 0 Å². The highest BCUT2D eigenvalue weighted by Crippen LogP contribution is 2.19. The lowest BCUT2D eigenvalue weighted by Gasteiger charge is -2.11. The van der Waals surface area contributed by atoms with Crippen molar-refractivity contribution in [3.05, 3.63) is 59.1 Å². The minimum atomic E-state index is -0.343. The highest BCUT2D eigenvalue weighted by Gasteiger charge is 2.07. The van der Waals surface area contributed by atoms with Crippen molar-refractivity contribution in [3.63, 3.8) is 0 Å². The molecule has 132 valence electrons. The molecule has 2 rings (SSSR count). The molecular weight excluding hydrogens is 376 g/mol. The first-order valence-electron chi connectivity index (χ1n) is 7.79. The molecule has 0 aliphatic carbocycles. The second kappa shape index (κ2) is 10.3. The van der Waals surface area contributed by atoms with Crippen LogP contribution in [0.15, 0.2) is 53.4 Å². The Hall–Kier alpha value is -1.76. The molecule has 2 N–H and O–H groups in total. The van der Waals surface area contributed by atoms with E-state index in [1.54, 1.807) is 36.9 Å². The van der Waals surface area contributed by atoms with Crippen molar-refractivity contribution in [1.82, 2.24) is 5.32 Å². The van der Waals surface area contributed by atoms with Crippen molar-refractivity contribution in [2.45, 2.75) is 11.8 Å². The first-order chi connectivity index (χ1) is 12.1. The molecule has 7 heteroatoms. The summed E-state index contributed by atoms with van der Waals surface area (Å²) < 4.78 is 4.99. The Kier molecular flexibility index (Phi) is 8.04. The summed E-state index contributed by atoms with van der Waals surface area (Å²) in [6, 6.07) is 14.8. The minimum absolute atomic E-state index is 0.343. The summed E-state index contributed by atoms with van der Waals surface area (Å²) >= 11 is 12.9. The molecule has 0 atom stereocenters. The minimum Gasteiger partial charge on any atom is -0.462 e. The number of rotatable bonds is 7. The van der Waals surface area contributed by atoms with E-state index in [1.807, 2.05) is 30.3 Å². The van der Waals surface area contributed by atoms with Gasteiger partial charge in [-0.3, -0.25) is 0 Å². The number of thioether (sulfide) groups is 1. The van der Waals surface area contributed by atoms with E-state index < -0.39 is 0 Å². The van der Waals surface area contributed by atoms with Crippen LogP contribution in [0.1, 0.15) is 17.3 Å². The fourth-order valence-electron chi connectivity index (χ4n) is 1.98. The zero-order valence-corrected chi connectivity index (χ0v) is 16.1. The molecule has 0 unspecified atom stereocenters. The lowest BCUT2D eigenvalue weighted by Crippen LogP contribution is -2.30. The molecule has 0 aromatic heterocycles. The Morgan fingerprint density at radius 3 is 2.72 bits per heavy atom. The van der Waals surface area contributed by atoms with E-state index in [2.05, 4.69) is 10.6 Å². The summed E-state index contributed by atoms with van der Waals surface area (Å²) in [7, 11) is 0. The van der Waals surface area contributed by atoms with Gasteiger partial charge in [-0.15, -0.1) is 11.8 Å². The maximum atomic E-state index is 11.7. The van der Waals surface area contributed by atoms with Crippen LogP contribution in [0.25, 0.3) is 0 Å². The van der Waals surface area contributed by atoms with E-state index in [1.165, 1.54) is 0 Å². The summed E-state index contributed by atoms with van der Waals surface area (Å²) in [5, 5.41) is 7.46. The molecule has 0 saturated carbocycles. The number of hydrogen-bond donors (Lipinski definition) is 2. The second-order valence-corrected chi connectivity index (χ2v) is 7.00. The van der Waals surface area contributed by atoms with Crippen LogP contribution >= 0.6 is 35.6 Å². The molecule has 0 spiro atoms. The van der Waals surface area contributed by atoms with Crippen LogP contribution in [0.3, 0.4) is 0 Å². The summed E-state index contributed by atoms with van der Waals surface area (Å²) in [4.78, 5) is 12.9. The summed E-state index contributed by atoms with van der Waals surface area (Å²) in [6.45, 7) is 2.85. The third-order valence-electron chi connectivity index (χ3n) is 3.10. The predicted octanol–water partition coefficient (Wildman–Crippen LogP) is 4.60. The largest absolute Gasteiger partial charge is 0.462 e. The number of esters is 1. The van der Waals surface area contributed by atoms with Crippen molar-refractivity contribution >= 4 is 52.3 Å². The molecule has 4 nitrogen and oxygen atoms in total. The number of carbonyl (C=O) groups is 1. The summed E-state index contributed by atoms with van der Waals surface area (Å²) in [6.07, 6.45) is 0.